The molecular formula is H12CeN5. The van der Waals surface area contributed by atoms with Gasteiger partial charge in [0.15, 0.2) is 0 Å². The van der Waals surface area contributed by atoms with Gasteiger partial charge < -0.3 is 30.8 Å². The third-order valence-electron chi connectivity index (χ3n) is 0. The van der Waals surface area contributed by atoms with Gasteiger partial charge in [0.25, 0.3) is 0 Å². The van der Waals surface area contributed by atoms with E-state index >= 15 is 0 Å². The molecule has 0 aliphatic heterocycles. The first-order valence-electron chi connectivity index (χ1n) is 0. The van der Waals surface area contributed by atoms with E-state index in [0.717, 1.165) is 0 Å². The molecule has 0 aliphatic rings. The van der Waals surface area contributed by atoms with E-state index in [1.54, 1.807) is 0 Å². The molecule has 0 spiro atoms. The van der Waals surface area contributed by atoms with E-state index in [4.69, 9.17) is 0 Å². The monoisotopic (exact) mass is 222 g/mol. The summed E-state index contributed by atoms with van der Waals surface area (Å²) in [4.78, 5) is 0. The maximum atomic E-state index is 0. The summed E-state index contributed by atoms with van der Waals surface area (Å²) in [6.07, 6.45) is 0. The third-order valence-corrected chi connectivity index (χ3v) is 0. The van der Waals surface area contributed by atoms with Crippen molar-refractivity contribution in [2.24, 2.45) is 0 Å². The maximum absolute atomic E-state index is 0. The minimum Gasteiger partial charge on any atom is -3.00 e. The molecule has 6 heteroatoms. The molecule has 0 atom stereocenters. The van der Waals surface area contributed by atoms with Crippen molar-refractivity contribution in [3.05, 3.63) is 12.3 Å². The number of hydrogen-bond acceptors (Lipinski definition) is 0. The van der Waals surface area contributed by atoms with Crippen LogP contribution in [0.5, 0.6) is 0 Å². The van der Waals surface area contributed by atoms with Crippen LogP contribution in [-0.4, -0.2) is 0 Å². The Morgan fingerprint density at radius 1 is 0.500 bits per heavy atom. The average Bonchev–Trinajstić information content (AvgIpc) is 0. The summed E-state index contributed by atoms with van der Waals surface area (Å²) in [5.41, 5.74) is 0. The zero-order valence-electron chi connectivity index (χ0n) is 4.39. The Kier molecular flexibility index (Phi) is 3940. The van der Waals surface area contributed by atoms with Crippen molar-refractivity contribution < 1.29 is 41.7 Å². The van der Waals surface area contributed by atoms with E-state index in [9.17, 15) is 0 Å². The van der Waals surface area contributed by atoms with E-state index in [2.05, 4.69) is 0 Å². The molecule has 1 radical (unpaired) electrons. The summed E-state index contributed by atoms with van der Waals surface area (Å²) < 4.78 is 0. The Morgan fingerprint density at radius 3 is 0.500 bits per heavy atom. The van der Waals surface area contributed by atoms with Gasteiger partial charge in [-0.3, -0.25) is 0 Å². The Morgan fingerprint density at radius 2 is 0.500 bits per heavy atom. The maximum Gasteiger partial charge on any atom is 3.00 e. The van der Waals surface area contributed by atoms with Gasteiger partial charge in [-0.15, -0.1) is 0 Å². The molecule has 0 aromatic carbocycles. The number of quaternary nitrogens is 3. The van der Waals surface area contributed by atoms with E-state index in [1.807, 2.05) is 0 Å². The quantitative estimate of drug-likeness (QED) is 0.542. The van der Waals surface area contributed by atoms with Crippen LogP contribution in [0.1, 0.15) is 0 Å². The van der Waals surface area contributed by atoms with Crippen LogP contribution in [0.15, 0.2) is 0 Å². The van der Waals surface area contributed by atoms with Gasteiger partial charge in [0.1, 0.15) is 0 Å². The summed E-state index contributed by atoms with van der Waals surface area (Å²) >= 11 is 0. The van der Waals surface area contributed by atoms with Crippen molar-refractivity contribution in [2.75, 3.05) is 0 Å². The van der Waals surface area contributed by atoms with E-state index in [0.29, 0.717) is 0 Å². The normalized spacial score (nSPS) is 0. The first-order chi connectivity index (χ1) is 0. The molecule has 0 bridgehead atoms. The van der Waals surface area contributed by atoms with Crippen molar-refractivity contribution in [3.8, 4) is 0 Å². The Bertz CT molecular complexity index is 3.90. The molecule has 5 nitrogen and oxygen atoms in total. The predicted molar refractivity (Wildman–Crippen MR) is 24.7 cm³/mol. The van der Waals surface area contributed by atoms with Gasteiger partial charge in [0.2, 0.25) is 0 Å². The summed E-state index contributed by atoms with van der Waals surface area (Å²) in [7, 11) is 0. The smallest absolute Gasteiger partial charge is 3.00 e. The van der Waals surface area contributed by atoms with Gasteiger partial charge in [-0.05, 0) is 0 Å². The predicted octanol–water partition coefficient (Wildman–Crippen LogP) is 1.71. The van der Waals surface area contributed by atoms with Crippen LogP contribution in [0.3, 0.4) is 0 Å². The fourth-order valence-electron chi connectivity index (χ4n) is 0. The summed E-state index contributed by atoms with van der Waals surface area (Å²) in [6.45, 7) is 0. The van der Waals surface area contributed by atoms with Crippen LogP contribution >= 0.6 is 0 Å². The van der Waals surface area contributed by atoms with Crippen molar-refractivity contribution >= 4 is 0 Å². The molecule has 0 unspecified atom stereocenters. The van der Waals surface area contributed by atoms with Crippen LogP contribution in [0.25, 0.3) is 12.3 Å². The third kappa shape index (κ3) is 65.2. The van der Waals surface area contributed by atoms with Crippen molar-refractivity contribution in [1.82, 2.24) is 18.5 Å². The first-order valence-corrected chi connectivity index (χ1v) is 0. The second-order valence-electron chi connectivity index (χ2n) is 0. The molecule has 0 amide bonds. The summed E-state index contributed by atoms with van der Waals surface area (Å²) in [5, 5.41) is 0. The Hall–Kier alpha value is 1.18. The van der Waals surface area contributed by atoms with Crippen LogP contribution < -0.4 is 18.5 Å². The molecule has 0 heterocycles. The van der Waals surface area contributed by atoms with E-state index in [1.165, 1.54) is 0 Å². The molecule has 0 aromatic rings. The van der Waals surface area contributed by atoms with Crippen molar-refractivity contribution in [1.29, 1.82) is 0 Å². The molecule has 0 aliphatic carbocycles. The Balaban J connectivity index is 0. The molecule has 0 rings (SSSR count). The standard InChI is InChI=1S/Ce.3H3N.2N/h;3*1H3;;/q+3;;;;2*-3/p+3. The summed E-state index contributed by atoms with van der Waals surface area (Å²) in [6, 6.07) is 0. The zero-order chi connectivity index (χ0) is 0. The fraction of sp³-hybridized carbons (Fsp3) is 0. The molecule has 41 valence electrons. The van der Waals surface area contributed by atoms with Crippen LogP contribution in [-0.2, 0) is 0 Å². The van der Waals surface area contributed by atoms with Gasteiger partial charge in [-0.25, -0.2) is 0 Å². The molecule has 0 saturated heterocycles. The van der Waals surface area contributed by atoms with Crippen LogP contribution in [0, 0.1) is 41.7 Å². The largest absolute Gasteiger partial charge is 3.00 e. The minimum absolute atomic E-state index is 0. The van der Waals surface area contributed by atoms with Crippen LogP contribution in [0.2, 0.25) is 0 Å². The second kappa shape index (κ2) is 120. The molecule has 0 fully saturated rings. The number of rotatable bonds is 0. The molecule has 0 aromatic heterocycles. The minimum atomic E-state index is 0. The molecule has 6 heavy (non-hydrogen) atoms. The van der Waals surface area contributed by atoms with Gasteiger partial charge in [-0.1, -0.05) is 0 Å². The molecule has 0 saturated carbocycles. The van der Waals surface area contributed by atoms with Gasteiger partial charge in [0.05, 0.1) is 0 Å². The topological polar surface area (TPSA) is 170 Å². The number of hydrogen-bond donors (Lipinski definition) is 3. The van der Waals surface area contributed by atoms with Crippen LogP contribution in [0.4, 0.5) is 0 Å². The van der Waals surface area contributed by atoms with Crippen molar-refractivity contribution in [2.45, 2.75) is 0 Å². The fourth-order valence-corrected chi connectivity index (χ4v) is 0. The average molecular weight is 222 g/mol. The summed E-state index contributed by atoms with van der Waals surface area (Å²) in [5.74, 6) is 0. The first kappa shape index (κ1) is 198. The zero-order valence-corrected chi connectivity index (χ0v) is 7.53. The van der Waals surface area contributed by atoms with E-state index < -0.39 is 0 Å². The van der Waals surface area contributed by atoms with Gasteiger partial charge in [-0.2, -0.15) is 0 Å². The number of nitrogens with zero attached hydrogens (tertiary/aromatic N) is 2. The van der Waals surface area contributed by atoms with Gasteiger partial charge >= 0.3 is 41.7 Å². The van der Waals surface area contributed by atoms with E-state index in [-0.39, 0.29) is 72.5 Å². The Labute approximate surface area is 71.9 Å². The van der Waals surface area contributed by atoms with Gasteiger partial charge in [0, 0.05) is 0 Å². The molecular weight excluding hydrogens is 210 g/mol. The molecule has 12 N–H and O–H groups in total. The second-order valence-corrected chi connectivity index (χ2v) is 0. The van der Waals surface area contributed by atoms with Crippen molar-refractivity contribution in [3.63, 3.8) is 0 Å². The SMILES string of the molecule is [Ce+3].[N-3].[N-3].[NH4+].[NH4+].[NH4+].